The minimum atomic E-state index is -0.556. The lowest BCUT2D eigenvalue weighted by atomic mass is 9.97. The van der Waals surface area contributed by atoms with E-state index >= 15 is 0 Å². The molecule has 0 bridgehead atoms. The Morgan fingerprint density at radius 2 is 2.00 bits per heavy atom. The highest BCUT2D eigenvalue weighted by Gasteiger charge is 2.16. The molecule has 6 heteroatoms. The molecule has 5 nitrogen and oxygen atoms in total. The molecule has 1 atom stereocenters. The van der Waals surface area contributed by atoms with Crippen molar-refractivity contribution in [3.05, 3.63) is 29.6 Å². The average Bonchev–Trinajstić information content (AvgIpc) is 2.52. The molecule has 0 aliphatic rings. The van der Waals surface area contributed by atoms with Gasteiger partial charge in [0.15, 0.2) is 11.6 Å². The molecule has 0 radical (unpaired) electrons. The Labute approximate surface area is 130 Å². The van der Waals surface area contributed by atoms with Gasteiger partial charge in [-0.2, -0.15) is 0 Å². The van der Waals surface area contributed by atoms with Crippen LogP contribution in [0.5, 0.6) is 5.75 Å². The van der Waals surface area contributed by atoms with Gasteiger partial charge < -0.3 is 20.5 Å². The minimum Gasteiger partial charge on any atom is -0.494 e. The topological polar surface area (TPSA) is 70.6 Å². The first-order valence-corrected chi connectivity index (χ1v) is 7.53. The number of methoxy groups -OCH3 is 1. The zero-order valence-corrected chi connectivity index (χ0v) is 13.4. The largest absolute Gasteiger partial charge is 0.494 e. The first kappa shape index (κ1) is 18.2. The summed E-state index contributed by atoms with van der Waals surface area (Å²) in [6, 6.07) is 4.13. The fourth-order valence-electron chi connectivity index (χ4n) is 2.26. The van der Waals surface area contributed by atoms with Gasteiger partial charge >= 0.3 is 6.03 Å². The van der Waals surface area contributed by atoms with Crippen LogP contribution in [-0.4, -0.2) is 30.9 Å². The predicted molar refractivity (Wildman–Crippen MR) is 83.3 cm³/mol. The van der Waals surface area contributed by atoms with Crippen LogP contribution in [0.25, 0.3) is 0 Å². The van der Waals surface area contributed by atoms with Crippen LogP contribution in [0, 0.1) is 11.7 Å². The Morgan fingerprint density at radius 3 is 2.55 bits per heavy atom. The zero-order valence-electron chi connectivity index (χ0n) is 13.4. The van der Waals surface area contributed by atoms with Gasteiger partial charge in [0.05, 0.1) is 13.2 Å². The summed E-state index contributed by atoms with van der Waals surface area (Å²) in [6.45, 7) is 4.42. The van der Waals surface area contributed by atoms with Crippen LogP contribution in [0.1, 0.15) is 32.3 Å². The molecule has 0 saturated heterocycles. The zero-order chi connectivity index (χ0) is 16.5. The van der Waals surface area contributed by atoms with E-state index in [2.05, 4.69) is 10.6 Å². The summed E-state index contributed by atoms with van der Waals surface area (Å²) in [6.07, 6.45) is 1.18. The molecule has 124 valence electrons. The van der Waals surface area contributed by atoms with E-state index in [-0.39, 0.29) is 30.8 Å². The Morgan fingerprint density at radius 1 is 1.32 bits per heavy atom. The Hall–Kier alpha value is -1.82. The molecule has 3 N–H and O–H groups in total. The predicted octanol–water partition coefficient (Wildman–Crippen LogP) is 2.43. The highest BCUT2D eigenvalue weighted by molar-refractivity contribution is 5.73. The summed E-state index contributed by atoms with van der Waals surface area (Å²) >= 11 is 0. The van der Waals surface area contributed by atoms with E-state index < -0.39 is 11.9 Å². The monoisotopic (exact) mass is 312 g/mol. The number of aliphatic hydroxyl groups is 1. The molecule has 0 aliphatic carbocycles. The lowest BCUT2D eigenvalue weighted by Crippen LogP contribution is -2.41. The van der Waals surface area contributed by atoms with E-state index in [0.29, 0.717) is 5.56 Å². The van der Waals surface area contributed by atoms with Crippen molar-refractivity contribution < 1.29 is 19.0 Å². The molecule has 0 aliphatic heterocycles. The molecule has 1 rings (SSSR count). The molecular formula is C16H25FN2O3. The lowest BCUT2D eigenvalue weighted by Gasteiger charge is -2.20. The maximum absolute atomic E-state index is 13.5. The highest BCUT2D eigenvalue weighted by Crippen LogP contribution is 2.17. The van der Waals surface area contributed by atoms with Gasteiger partial charge in [0.25, 0.3) is 0 Å². The first-order chi connectivity index (χ1) is 10.5. The van der Waals surface area contributed by atoms with Crippen molar-refractivity contribution in [3.63, 3.8) is 0 Å². The fourth-order valence-corrected chi connectivity index (χ4v) is 2.26. The van der Waals surface area contributed by atoms with Crippen LogP contribution in [0.2, 0.25) is 0 Å². The fraction of sp³-hybridized carbons (Fsp3) is 0.562. The summed E-state index contributed by atoms with van der Waals surface area (Å²) in [5.41, 5.74) is 0.633. The van der Waals surface area contributed by atoms with Crippen molar-refractivity contribution in [1.82, 2.24) is 10.6 Å². The molecule has 1 aromatic rings. The maximum Gasteiger partial charge on any atom is 0.315 e. The Bertz CT molecular complexity index is 478. The second-order valence-corrected chi connectivity index (χ2v) is 5.18. The number of nitrogens with one attached hydrogen (secondary N) is 2. The van der Waals surface area contributed by atoms with Gasteiger partial charge in [0, 0.05) is 13.1 Å². The summed E-state index contributed by atoms with van der Waals surface area (Å²) < 4.78 is 18.3. The van der Waals surface area contributed by atoms with E-state index in [1.165, 1.54) is 19.2 Å². The van der Waals surface area contributed by atoms with E-state index in [0.717, 1.165) is 12.8 Å². The third-order valence-corrected chi connectivity index (χ3v) is 3.73. The van der Waals surface area contributed by atoms with Crippen LogP contribution < -0.4 is 15.4 Å². The number of ether oxygens (including phenoxy) is 1. The highest BCUT2D eigenvalue weighted by atomic mass is 19.1. The number of rotatable bonds is 8. The average molecular weight is 312 g/mol. The summed E-state index contributed by atoms with van der Waals surface area (Å²) in [7, 11) is 1.40. The van der Waals surface area contributed by atoms with Gasteiger partial charge in [0.2, 0.25) is 0 Å². The van der Waals surface area contributed by atoms with Gasteiger partial charge in [-0.25, -0.2) is 9.18 Å². The lowest BCUT2D eigenvalue weighted by molar-refractivity contribution is 0.103. The van der Waals surface area contributed by atoms with Gasteiger partial charge in [-0.05, 0) is 23.6 Å². The van der Waals surface area contributed by atoms with Crippen molar-refractivity contribution >= 4 is 6.03 Å². The van der Waals surface area contributed by atoms with E-state index in [1.54, 1.807) is 6.07 Å². The van der Waals surface area contributed by atoms with Crippen LogP contribution in [0.15, 0.2) is 18.2 Å². The third-order valence-electron chi connectivity index (χ3n) is 3.73. The number of hydrogen-bond acceptors (Lipinski definition) is 3. The third kappa shape index (κ3) is 5.52. The Kier molecular flexibility index (Phi) is 7.66. The van der Waals surface area contributed by atoms with Crippen LogP contribution in [0.3, 0.4) is 0 Å². The molecule has 0 spiro atoms. The second-order valence-electron chi connectivity index (χ2n) is 5.18. The Balaban J connectivity index is 2.38. The van der Waals surface area contributed by atoms with Crippen molar-refractivity contribution in [3.8, 4) is 5.75 Å². The number of amides is 2. The normalized spacial score (nSPS) is 12.1. The van der Waals surface area contributed by atoms with Gasteiger partial charge in [-0.1, -0.05) is 32.8 Å². The van der Waals surface area contributed by atoms with Gasteiger partial charge in [-0.15, -0.1) is 0 Å². The van der Waals surface area contributed by atoms with Gasteiger partial charge in [-0.3, -0.25) is 0 Å². The summed E-state index contributed by atoms with van der Waals surface area (Å²) in [5.74, 6) is -0.121. The molecule has 2 amide bonds. The van der Waals surface area contributed by atoms with Crippen LogP contribution >= 0.6 is 0 Å². The molecule has 0 fully saturated rings. The van der Waals surface area contributed by atoms with E-state index in [4.69, 9.17) is 4.74 Å². The standard InChI is InChI=1S/C16H25FN2O3/c1-4-12(5-2)14(20)10-19-16(21)18-9-11-6-7-15(22-3)13(17)8-11/h6-8,12,14,20H,4-5,9-10H2,1-3H3,(H2,18,19,21). The van der Waals surface area contributed by atoms with E-state index in [1.807, 2.05) is 13.8 Å². The minimum absolute atomic E-state index is 0.168. The number of aliphatic hydroxyl groups excluding tert-OH is 1. The summed E-state index contributed by atoms with van der Waals surface area (Å²) in [4.78, 5) is 11.7. The summed E-state index contributed by atoms with van der Waals surface area (Å²) in [5, 5.41) is 15.2. The number of carbonyl (C=O) groups excluding carboxylic acids is 1. The van der Waals surface area contributed by atoms with Gasteiger partial charge in [0.1, 0.15) is 0 Å². The van der Waals surface area contributed by atoms with E-state index in [9.17, 15) is 14.3 Å². The maximum atomic E-state index is 13.5. The number of halogens is 1. The molecule has 0 saturated carbocycles. The van der Waals surface area contributed by atoms with Crippen LogP contribution in [-0.2, 0) is 6.54 Å². The number of carbonyl (C=O) groups is 1. The molecule has 22 heavy (non-hydrogen) atoms. The molecule has 0 aromatic heterocycles. The molecule has 1 unspecified atom stereocenters. The number of benzene rings is 1. The van der Waals surface area contributed by atoms with Crippen molar-refractivity contribution in [2.75, 3.05) is 13.7 Å². The van der Waals surface area contributed by atoms with Crippen LogP contribution in [0.4, 0.5) is 9.18 Å². The molecular weight excluding hydrogens is 287 g/mol. The molecule has 0 heterocycles. The number of hydrogen-bond donors (Lipinski definition) is 3. The number of urea groups is 1. The SMILES string of the molecule is CCC(CC)C(O)CNC(=O)NCc1ccc(OC)c(F)c1. The first-order valence-electron chi connectivity index (χ1n) is 7.53. The van der Waals surface area contributed by atoms with Crippen molar-refractivity contribution in [2.45, 2.75) is 39.3 Å². The molecule has 1 aromatic carbocycles. The quantitative estimate of drug-likeness (QED) is 0.690. The van der Waals surface area contributed by atoms with Crippen molar-refractivity contribution in [1.29, 1.82) is 0 Å². The van der Waals surface area contributed by atoms with Crippen molar-refractivity contribution in [2.24, 2.45) is 5.92 Å². The second kappa shape index (κ2) is 9.25. The smallest absolute Gasteiger partial charge is 0.315 e.